The predicted octanol–water partition coefficient (Wildman–Crippen LogP) is 9.36. The lowest BCUT2D eigenvalue weighted by atomic mass is 9.99. The Hall–Kier alpha value is -4.43. The van der Waals surface area contributed by atoms with Crippen molar-refractivity contribution in [2.75, 3.05) is 0 Å². The van der Waals surface area contributed by atoms with Gasteiger partial charge in [-0.3, -0.25) is 0 Å². The van der Waals surface area contributed by atoms with Gasteiger partial charge in [0.15, 0.2) is 0 Å². The topological polar surface area (TPSA) is 18.5 Å². The summed E-state index contributed by atoms with van der Waals surface area (Å²) in [5, 5.41) is 6.32. The Morgan fingerprint density at radius 1 is 0.475 bits per heavy atom. The van der Waals surface area contributed by atoms with Crippen molar-refractivity contribution >= 4 is 55.3 Å². The number of ether oxygens (including phenoxy) is 2. The monoisotopic (exact) mass is 548 g/mol. The first-order valence-electron chi connectivity index (χ1n) is 13.3. The lowest BCUT2D eigenvalue weighted by Crippen LogP contribution is -2.31. The summed E-state index contributed by atoms with van der Waals surface area (Å²) in [6.07, 6.45) is 0. The van der Waals surface area contributed by atoms with Crippen molar-refractivity contribution in [3.05, 3.63) is 127 Å². The maximum absolute atomic E-state index is 6.51. The second-order valence-corrected chi connectivity index (χ2v) is 13.3. The van der Waals surface area contributed by atoms with E-state index < -0.39 is 7.92 Å². The van der Waals surface area contributed by atoms with Crippen LogP contribution in [0.2, 0.25) is 0 Å². The third-order valence-corrected chi connectivity index (χ3v) is 11.7. The lowest BCUT2D eigenvalue weighted by Gasteiger charge is -2.34. The molecule has 6 aromatic carbocycles. The molecule has 2 nitrogen and oxygen atoms in total. The van der Waals surface area contributed by atoms with Crippen LogP contribution in [0.4, 0.5) is 0 Å². The standard InChI is InChI=1S/C36H21O2PS/c1-4-14-34-26(7-1)27-9-5-8-25(36(27)40-34)23-17-15-22(16-18-23)24-19-20-33-31(21-24)38-30-12-6-11-29-35(30)39(33)32-13-3-2-10-28(32)37-29/h1-21H. The molecule has 0 spiro atoms. The summed E-state index contributed by atoms with van der Waals surface area (Å²) in [4.78, 5) is 0. The summed E-state index contributed by atoms with van der Waals surface area (Å²) in [5.41, 5.74) is 4.85. The van der Waals surface area contributed by atoms with E-state index in [1.807, 2.05) is 29.5 Å². The highest BCUT2D eigenvalue weighted by molar-refractivity contribution is 7.80. The smallest absolute Gasteiger partial charge is 0.139 e. The van der Waals surface area contributed by atoms with E-state index >= 15 is 0 Å². The summed E-state index contributed by atoms with van der Waals surface area (Å²) in [5.74, 6) is 3.68. The molecular formula is C36H21O2PS. The van der Waals surface area contributed by atoms with Crippen LogP contribution >= 0.6 is 19.3 Å². The van der Waals surface area contributed by atoms with Crippen LogP contribution in [-0.4, -0.2) is 0 Å². The summed E-state index contributed by atoms with van der Waals surface area (Å²) < 4.78 is 15.4. The van der Waals surface area contributed by atoms with Gasteiger partial charge in [-0.15, -0.1) is 11.3 Å². The molecule has 0 saturated heterocycles. The van der Waals surface area contributed by atoms with Gasteiger partial charge in [0.05, 0.1) is 5.30 Å². The van der Waals surface area contributed by atoms with Gasteiger partial charge < -0.3 is 9.47 Å². The van der Waals surface area contributed by atoms with E-state index in [-0.39, 0.29) is 0 Å². The van der Waals surface area contributed by atoms with E-state index in [4.69, 9.17) is 9.47 Å². The number of hydrogen-bond acceptors (Lipinski definition) is 3. The Morgan fingerprint density at radius 2 is 1.12 bits per heavy atom. The van der Waals surface area contributed by atoms with Gasteiger partial charge in [0.1, 0.15) is 23.0 Å². The number of rotatable bonds is 2. The Bertz CT molecular complexity index is 2130. The zero-order chi connectivity index (χ0) is 26.2. The van der Waals surface area contributed by atoms with Crippen LogP contribution in [-0.2, 0) is 0 Å². The number of benzene rings is 6. The second kappa shape index (κ2) is 8.53. The third kappa shape index (κ3) is 3.26. The maximum Gasteiger partial charge on any atom is 0.139 e. The molecule has 1 aromatic heterocycles. The van der Waals surface area contributed by atoms with Crippen molar-refractivity contribution in [3.63, 3.8) is 0 Å². The molecule has 1 unspecified atom stereocenters. The molecule has 40 heavy (non-hydrogen) atoms. The largest absolute Gasteiger partial charge is 0.456 e. The summed E-state index contributed by atoms with van der Waals surface area (Å²) in [6.45, 7) is 0. The van der Waals surface area contributed by atoms with Crippen LogP contribution in [0.1, 0.15) is 0 Å². The van der Waals surface area contributed by atoms with Gasteiger partial charge in [-0.2, -0.15) is 0 Å². The van der Waals surface area contributed by atoms with E-state index in [1.54, 1.807) is 0 Å². The molecule has 9 rings (SSSR count). The summed E-state index contributed by atoms with van der Waals surface area (Å²) >= 11 is 1.87. The molecule has 0 amide bonds. The quantitative estimate of drug-likeness (QED) is 0.200. The fraction of sp³-hybridized carbons (Fsp3) is 0. The Labute approximate surface area is 236 Å². The molecule has 2 aliphatic rings. The fourth-order valence-electron chi connectivity index (χ4n) is 6.00. The molecule has 188 valence electrons. The molecule has 0 bridgehead atoms. The van der Waals surface area contributed by atoms with Gasteiger partial charge in [0.25, 0.3) is 0 Å². The number of para-hydroxylation sites is 1. The Kier molecular flexibility index (Phi) is 4.78. The van der Waals surface area contributed by atoms with Gasteiger partial charge in [-0.25, -0.2) is 0 Å². The average Bonchev–Trinajstić information content (AvgIpc) is 3.40. The van der Waals surface area contributed by atoms with E-state index in [9.17, 15) is 0 Å². The molecule has 7 aromatic rings. The Morgan fingerprint density at radius 3 is 2.02 bits per heavy atom. The lowest BCUT2D eigenvalue weighted by molar-refractivity contribution is 0.466. The van der Waals surface area contributed by atoms with Crippen molar-refractivity contribution in [2.45, 2.75) is 0 Å². The van der Waals surface area contributed by atoms with Crippen LogP contribution in [0.15, 0.2) is 127 Å². The highest BCUT2D eigenvalue weighted by Gasteiger charge is 2.36. The zero-order valence-electron chi connectivity index (χ0n) is 21.3. The van der Waals surface area contributed by atoms with Crippen molar-refractivity contribution in [1.82, 2.24) is 0 Å². The molecule has 0 radical (unpaired) electrons. The van der Waals surface area contributed by atoms with Crippen LogP contribution in [0, 0.1) is 0 Å². The molecule has 3 heterocycles. The van der Waals surface area contributed by atoms with E-state index in [0.717, 1.165) is 28.6 Å². The van der Waals surface area contributed by atoms with Gasteiger partial charge >= 0.3 is 0 Å². The first-order valence-corrected chi connectivity index (χ1v) is 15.5. The van der Waals surface area contributed by atoms with Crippen molar-refractivity contribution < 1.29 is 9.47 Å². The number of thiophene rings is 1. The molecule has 4 heteroatoms. The molecule has 0 N–H and O–H groups in total. The minimum atomic E-state index is -0.743. The van der Waals surface area contributed by atoms with Gasteiger partial charge in [0.2, 0.25) is 0 Å². The first-order chi connectivity index (χ1) is 19.8. The highest BCUT2D eigenvalue weighted by Crippen LogP contribution is 2.52. The van der Waals surface area contributed by atoms with Gasteiger partial charge in [0, 0.05) is 38.7 Å². The van der Waals surface area contributed by atoms with E-state index in [1.165, 1.54) is 52.8 Å². The molecule has 0 saturated carbocycles. The first kappa shape index (κ1) is 22.4. The van der Waals surface area contributed by atoms with Gasteiger partial charge in [-0.1, -0.05) is 91.0 Å². The molecular weight excluding hydrogens is 527 g/mol. The average molecular weight is 549 g/mol. The van der Waals surface area contributed by atoms with Gasteiger partial charge in [-0.05, 0) is 58.7 Å². The summed E-state index contributed by atoms with van der Waals surface area (Å²) in [6, 6.07) is 45.5. The van der Waals surface area contributed by atoms with E-state index in [0.29, 0.717) is 0 Å². The zero-order valence-corrected chi connectivity index (χ0v) is 23.0. The van der Waals surface area contributed by atoms with E-state index in [2.05, 4.69) is 109 Å². The number of fused-ring (bicyclic) bond motifs is 7. The molecule has 0 fully saturated rings. The fourth-order valence-corrected chi connectivity index (χ4v) is 9.79. The van der Waals surface area contributed by atoms with Crippen molar-refractivity contribution in [3.8, 4) is 45.3 Å². The number of hydrogen-bond donors (Lipinski definition) is 0. The van der Waals surface area contributed by atoms with Crippen LogP contribution in [0.3, 0.4) is 0 Å². The van der Waals surface area contributed by atoms with Crippen molar-refractivity contribution in [2.24, 2.45) is 0 Å². The highest BCUT2D eigenvalue weighted by atomic mass is 32.1. The second-order valence-electron chi connectivity index (χ2n) is 10.2. The predicted molar refractivity (Wildman–Crippen MR) is 169 cm³/mol. The maximum atomic E-state index is 6.51. The van der Waals surface area contributed by atoms with Crippen LogP contribution in [0.5, 0.6) is 23.0 Å². The van der Waals surface area contributed by atoms with Crippen LogP contribution < -0.4 is 25.4 Å². The summed E-state index contributed by atoms with van der Waals surface area (Å²) in [7, 11) is -0.743. The SMILES string of the molecule is c1ccc2c(c1)Oc1cccc3c1P2c1ccc(-c2ccc(-c4cccc5c4sc4ccccc45)cc2)cc1O3. The molecule has 0 aliphatic carbocycles. The van der Waals surface area contributed by atoms with Crippen molar-refractivity contribution in [1.29, 1.82) is 0 Å². The molecule has 2 aliphatic heterocycles. The normalized spacial score (nSPS) is 14.7. The van der Waals surface area contributed by atoms with Crippen LogP contribution in [0.25, 0.3) is 42.4 Å². The minimum absolute atomic E-state index is 0.743. The minimum Gasteiger partial charge on any atom is -0.456 e. The Balaban J connectivity index is 1.12. The third-order valence-electron chi connectivity index (χ3n) is 7.87. The molecule has 1 atom stereocenters.